The maximum Gasteiger partial charge on any atom is 0.184 e. The second-order valence-corrected chi connectivity index (χ2v) is 5.04. The molecule has 1 saturated heterocycles. The van der Waals surface area contributed by atoms with E-state index in [1.807, 2.05) is 18.2 Å². The molecule has 0 N–H and O–H groups in total. The highest BCUT2D eigenvalue weighted by Crippen LogP contribution is 2.27. The van der Waals surface area contributed by atoms with E-state index in [-0.39, 0.29) is 18.7 Å². The molecule has 1 aliphatic rings. The molecule has 3 nitrogen and oxygen atoms in total. The highest BCUT2D eigenvalue weighted by Gasteiger charge is 2.18. The van der Waals surface area contributed by atoms with E-state index >= 15 is 0 Å². The van der Waals surface area contributed by atoms with Crippen LogP contribution in [-0.4, -0.2) is 13.2 Å². The van der Waals surface area contributed by atoms with Gasteiger partial charge in [0.25, 0.3) is 0 Å². The molecule has 0 aromatic heterocycles. The van der Waals surface area contributed by atoms with Crippen LogP contribution in [0.3, 0.4) is 0 Å². The van der Waals surface area contributed by atoms with Gasteiger partial charge >= 0.3 is 0 Å². The van der Waals surface area contributed by atoms with Gasteiger partial charge in [-0.15, -0.1) is 0 Å². The molecule has 0 radical (unpaired) electrons. The second-order valence-electron chi connectivity index (χ2n) is 4.63. The molecule has 0 atom stereocenters. The van der Waals surface area contributed by atoms with Crippen molar-refractivity contribution in [2.75, 3.05) is 13.2 Å². The first-order chi connectivity index (χ1) is 10.2. The molecule has 1 fully saturated rings. The van der Waals surface area contributed by atoms with Crippen LogP contribution in [0.15, 0.2) is 42.5 Å². The number of ether oxygens (including phenoxy) is 3. The van der Waals surface area contributed by atoms with Crippen LogP contribution < -0.4 is 4.74 Å². The van der Waals surface area contributed by atoms with Gasteiger partial charge < -0.3 is 14.2 Å². The first-order valence-corrected chi connectivity index (χ1v) is 7.01. The summed E-state index contributed by atoms with van der Waals surface area (Å²) in [5.41, 5.74) is 1.22. The van der Waals surface area contributed by atoms with Crippen LogP contribution in [0.2, 0.25) is 5.02 Å². The summed E-state index contributed by atoms with van der Waals surface area (Å²) in [7, 11) is 0. The lowest BCUT2D eigenvalue weighted by Crippen LogP contribution is -2.01. The molecule has 3 rings (SSSR count). The fourth-order valence-corrected chi connectivity index (χ4v) is 2.35. The van der Waals surface area contributed by atoms with E-state index in [0.29, 0.717) is 29.5 Å². The minimum atomic E-state index is -0.374. The fourth-order valence-electron chi connectivity index (χ4n) is 2.13. The van der Waals surface area contributed by atoms with Crippen LogP contribution in [0, 0.1) is 5.82 Å². The zero-order valence-corrected chi connectivity index (χ0v) is 12.0. The Kier molecular flexibility index (Phi) is 4.39. The number of rotatable bonds is 4. The van der Waals surface area contributed by atoms with Crippen LogP contribution in [0.1, 0.15) is 17.4 Å². The van der Waals surface area contributed by atoms with Crippen LogP contribution in [0.5, 0.6) is 5.75 Å². The van der Waals surface area contributed by atoms with E-state index in [9.17, 15) is 4.39 Å². The third-order valence-electron chi connectivity index (χ3n) is 3.20. The van der Waals surface area contributed by atoms with Gasteiger partial charge in [0.15, 0.2) is 6.29 Å². The van der Waals surface area contributed by atoms with E-state index in [0.717, 1.165) is 5.56 Å². The van der Waals surface area contributed by atoms with Crippen LogP contribution in [-0.2, 0) is 16.1 Å². The van der Waals surface area contributed by atoms with Gasteiger partial charge in [-0.05, 0) is 24.3 Å². The molecular formula is C16H14ClFO3. The predicted octanol–water partition coefficient (Wildman–Crippen LogP) is 4.10. The van der Waals surface area contributed by atoms with E-state index < -0.39 is 0 Å². The Labute approximate surface area is 127 Å². The summed E-state index contributed by atoms with van der Waals surface area (Å²) in [4.78, 5) is 0. The Bertz CT molecular complexity index is 606. The lowest BCUT2D eigenvalue weighted by molar-refractivity contribution is -0.0442. The van der Waals surface area contributed by atoms with Crippen molar-refractivity contribution in [2.24, 2.45) is 0 Å². The van der Waals surface area contributed by atoms with Crippen LogP contribution in [0.4, 0.5) is 4.39 Å². The quantitative estimate of drug-likeness (QED) is 0.851. The normalized spacial score (nSPS) is 15.3. The Morgan fingerprint density at radius 2 is 1.90 bits per heavy atom. The highest BCUT2D eigenvalue weighted by atomic mass is 35.5. The molecule has 0 saturated carbocycles. The van der Waals surface area contributed by atoms with Crippen molar-refractivity contribution in [3.05, 3.63) is 64.4 Å². The van der Waals surface area contributed by atoms with Crippen molar-refractivity contribution in [3.8, 4) is 5.75 Å². The van der Waals surface area contributed by atoms with Gasteiger partial charge in [0.05, 0.1) is 18.2 Å². The summed E-state index contributed by atoms with van der Waals surface area (Å²) >= 11 is 5.97. The summed E-state index contributed by atoms with van der Waals surface area (Å²) in [5.74, 6) is 0.243. The maximum absolute atomic E-state index is 13.7. The van der Waals surface area contributed by atoms with E-state index in [2.05, 4.69) is 0 Å². The van der Waals surface area contributed by atoms with Crippen molar-refractivity contribution >= 4 is 11.6 Å². The molecular weight excluding hydrogens is 295 g/mol. The highest BCUT2D eigenvalue weighted by molar-refractivity contribution is 6.31. The number of hydrogen-bond acceptors (Lipinski definition) is 3. The van der Waals surface area contributed by atoms with Gasteiger partial charge in [-0.25, -0.2) is 4.39 Å². The number of benzene rings is 2. The van der Waals surface area contributed by atoms with Crippen LogP contribution in [0.25, 0.3) is 0 Å². The molecule has 1 heterocycles. The molecule has 2 aromatic carbocycles. The van der Waals surface area contributed by atoms with Gasteiger partial charge in [0.2, 0.25) is 0 Å². The summed E-state index contributed by atoms with van der Waals surface area (Å²) in [6.45, 7) is 1.24. The zero-order chi connectivity index (χ0) is 14.7. The molecule has 0 bridgehead atoms. The molecule has 0 amide bonds. The molecule has 0 spiro atoms. The first kappa shape index (κ1) is 14.3. The SMILES string of the molecule is Fc1cccc(Cl)c1COc1cccc(C2OCCO2)c1. The topological polar surface area (TPSA) is 27.7 Å². The molecule has 110 valence electrons. The van der Waals surface area contributed by atoms with Gasteiger partial charge in [-0.2, -0.15) is 0 Å². The second kappa shape index (κ2) is 6.43. The summed E-state index contributed by atoms with van der Waals surface area (Å²) in [6, 6.07) is 11.9. The average Bonchev–Trinajstić information content (AvgIpc) is 3.01. The third-order valence-corrected chi connectivity index (χ3v) is 3.55. The Hall–Kier alpha value is -1.62. The summed E-state index contributed by atoms with van der Waals surface area (Å²) in [6.07, 6.45) is -0.356. The van der Waals surface area contributed by atoms with Crippen molar-refractivity contribution in [2.45, 2.75) is 12.9 Å². The first-order valence-electron chi connectivity index (χ1n) is 6.63. The largest absolute Gasteiger partial charge is 0.489 e. The van der Waals surface area contributed by atoms with Gasteiger partial charge in [-0.3, -0.25) is 0 Å². The summed E-state index contributed by atoms with van der Waals surface area (Å²) in [5, 5.41) is 0.355. The fraction of sp³-hybridized carbons (Fsp3) is 0.250. The van der Waals surface area contributed by atoms with E-state index in [1.54, 1.807) is 18.2 Å². The van der Waals surface area contributed by atoms with Gasteiger partial charge in [0.1, 0.15) is 18.2 Å². The van der Waals surface area contributed by atoms with Crippen molar-refractivity contribution in [3.63, 3.8) is 0 Å². The maximum atomic E-state index is 13.7. The number of hydrogen-bond donors (Lipinski definition) is 0. The minimum Gasteiger partial charge on any atom is -0.489 e. The van der Waals surface area contributed by atoms with E-state index in [4.69, 9.17) is 25.8 Å². The van der Waals surface area contributed by atoms with Crippen molar-refractivity contribution in [1.82, 2.24) is 0 Å². The monoisotopic (exact) mass is 308 g/mol. The zero-order valence-electron chi connectivity index (χ0n) is 11.2. The van der Waals surface area contributed by atoms with Gasteiger partial charge in [0, 0.05) is 11.1 Å². The van der Waals surface area contributed by atoms with E-state index in [1.165, 1.54) is 6.07 Å². The molecule has 2 aromatic rings. The summed E-state index contributed by atoms with van der Waals surface area (Å²) < 4.78 is 30.2. The molecule has 0 aliphatic carbocycles. The average molecular weight is 309 g/mol. The van der Waals surface area contributed by atoms with Crippen molar-refractivity contribution in [1.29, 1.82) is 0 Å². The lowest BCUT2D eigenvalue weighted by Gasteiger charge is -2.12. The molecule has 1 aliphatic heterocycles. The Balaban J connectivity index is 1.72. The van der Waals surface area contributed by atoms with Crippen molar-refractivity contribution < 1.29 is 18.6 Å². The lowest BCUT2D eigenvalue weighted by atomic mass is 10.2. The third kappa shape index (κ3) is 3.35. The molecule has 0 unspecified atom stereocenters. The molecule has 5 heteroatoms. The van der Waals surface area contributed by atoms with Crippen LogP contribution >= 0.6 is 11.6 Å². The molecule has 21 heavy (non-hydrogen) atoms. The van der Waals surface area contributed by atoms with Gasteiger partial charge in [-0.1, -0.05) is 29.8 Å². The predicted molar refractivity (Wildman–Crippen MR) is 76.8 cm³/mol. The Morgan fingerprint density at radius 3 is 2.67 bits per heavy atom. The smallest absolute Gasteiger partial charge is 0.184 e. The standard InChI is InChI=1S/C16H14ClFO3/c17-14-5-2-6-15(18)13(14)10-21-12-4-1-3-11(9-12)16-19-7-8-20-16/h1-6,9,16H,7-8,10H2. The number of halogens is 2. The Morgan fingerprint density at radius 1 is 1.14 bits per heavy atom. The minimum absolute atomic E-state index is 0.0708.